The second kappa shape index (κ2) is 10.9. The second-order valence-corrected chi connectivity index (χ2v) is 2.66. The molecule has 0 spiro atoms. The Labute approximate surface area is 87.3 Å². The van der Waals surface area contributed by atoms with E-state index < -0.39 is 18.2 Å². The maximum absolute atomic E-state index is 9.73. The van der Waals surface area contributed by atoms with Crippen molar-refractivity contribution in [1.82, 2.24) is 5.32 Å². The van der Waals surface area contributed by atoms with E-state index in [1.54, 1.807) is 0 Å². The summed E-state index contributed by atoms with van der Waals surface area (Å²) in [6.07, 6.45) is 0.215. The molecule has 0 radical (unpaired) electrons. The molecule has 0 aromatic carbocycles. The molecule has 0 atom stereocenters. The minimum atomic E-state index is -1.10. The van der Waals surface area contributed by atoms with Gasteiger partial charge in [-0.2, -0.15) is 0 Å². The fourth-order valence-electron chi connectivity index (χ4n) is 0.535. The Kier molecular flexibility index (Phi) is 11.8. The first-order valence-electron chi connectivity index (χ1n) is 4.40. The lowest BCUT2D eigenvalue weighted by Gasteiger charge is -1.94. The molecule has 0 aromatic heterocycles. The fourth-order valence-corrected chi connectivity index (χ4v) is 0.535. The van der Waals surface area contributed by atoms with Crippen molar-refractivity contribution >= 4 is 11.9 Å². The largest absolute Gasteiger partial charge is 0.480 e. The van der Waals surface area contributed by atoms with Crippen LogP contribution >= 0.6 is 0 Å². The third-order valence-corrected chi connectivity index (χ3v) is 1.10. The van der Waals surface area contributed by atoms with Gasteiger partial charge in [-0.1, -0.05) is 13.3 Å². The summed E-state index contributed by atoms with van der Waals surface area (Å²) >= 11 is 0. The van der Waals surface area contributed by atoms with Gasteiger partial charge in [0.1, 0.15) is 0 Å². The molecule has 0 rings (SSSR count). The zero-order valence-corrected chi connectivity index (χ0v) is 8.51. The topological polar surface area (TPSA) is 127 Å². The van der Waals surface area contributed by atoms with Crippen molar-refractivity contribution in [2.75, 3.05) is 13.1 Å². The van der Waals surface area contributed by atoms with Crippen molar-refractivity contribution in [3.8, 4) is 0 Å². The van der Waals surface area contributed by atoms with Crippen molar-refractivity contribution in [3.05, 3.63) is 0 Å². The minimum absolute atomic E-state index is 0.313. The van der Waals surface area contributed by atoms with Crippen LogP contribution in [-0.2, 0) is 9.59 Å². The van der Waals surface area contributed by atoms with Gasteiger partial charge in [0.2, 0.25) is 0 Å². The average Bonchev–Trinajstić information content (AvgIpc) is 2.03. The van der Waals surface area contributed by atoms with Crippen molar-refractivity contribution < 1.29 is 30.0 Å². The minimum Gasteiger partial charge on any atom is -0.480 e. The predicted octanol–water partition coefficient (Wildman–Crippen LogP) is -1.16. The number of hydrogen-bond acceptors (Lipinski definition) is 5. The van der Waals surface area contributed by atoms with Crippen LogP contribution in [0.5, 0.6) is 0 Å². The normalized spacial score (nSPS) is 9.33. The molecule has 7 heteroatoms. The number of hydrogen-bond donors (Lipinski definition) is 5. The molecule has 15 heavy (non-hydrogen) atoms. The number of carboxylic acid groups (broad SMARTS) is 2. The lowest BCUT2D eigenvalue weighted by Crippen LogP contribution is -2.27. The highest BCUT2D eigenvalue weighted by Crippen LogP contribution is 1.88. The van der Waals surface area contributed by atoms with Gasteiger partial charge in [-0.25, -0.2) is 0 Å². The Morgan fingerprint density at radius 3 is 1.67 bits per heavy atom. The van der Waals surface area contributed by atoms with Gasteiger partial charge < -0.3 is 20.4 Å². The molecular formula is C8H17NO6. The standard InChI is InChI=1S/C4H7NO4.C4H10O2/c6-3(7)1-5-2-4(8)9;1-2-3-4(5)6/h5H,1-2H2,(H,6,7)(H,8,9);4-6H,2-3H2,1H3. The second-order valence-electron chi connectivity index (χ2n) is 2.66. The Hall–Kier alpha value is -1.18. The SMILES string of the molecule is CCCC(O)O.O=C(O)CNCC(=O)O. The van der Waals surface area contributed by atoms with Crippen molar-refractivity contribution in [3.63, 3.8) is 0 Å². The molecule has 0 bridgehead atoms. The van der Waals surface area contributed by atoms with E-state index in [1.807, 2.05) is 6.92 Å². The molecule has 0 saturated heterocycles. The number of aliphatic carboxylic acids is 2. The van der Waals surface area contributed by atoms with E-state index in [4.69, 9.17) is 20.4 Å². The van der Waals surface area contributed by atoms with E-state index in [1.165, 1.54) is 0 Å². The van der Waals surface area contributed by atoms with Crippen LogP contribution in [0.2, 0.25) is 0 Å². The molecule has 0 amide bonds. The van der Waals surface area contributed by atoms with E-state index in [-0.39, 0.29) is 13.1 Å². The number of carbonyl (C=O) groups is 2. The van der Waals surface area contributed by atoms with Gasteiger partial charge in [-0.05, 0) is 6.42 Å². The van der Waals surface area contributed by atoms with Gasteiger partial charge in [-0.3, -0.25) is 14.9 Å². The number of nitrogens with one attached hydrogen (secondary N) is 1. The van der Waals surface area contributed by atoms with Crippen LogP contribution < -0.4 is 5.32 Å². The molecule has 0 fully saturated rings. The number of aliphatic hydroxyl groups is 2. The summed E-state index contributed by atoms with van der Waals surface area (Å²) in [4.78, 5) is 19.5. The van der Waals surface area contributed by atoms with Gasteiger partial charge >= 0.3 is 11.9 Å². The Bertz CT molecular complexity index is 168. The monoisotopic (exact) mass is 223 g/mol. The summed E-state index contributed by atoms with van der Waals surface area (Å²) in [5.74, 6) is -2.12. The molecule has 90 valence electrons. The van der Waals surface area contributed by atoms with E-state index in [2.05, 4.69) is 5.32 Å². The maximum Gasteiger partial charge on any atom is 0.317 e. The molecule has 0 saturated carbocycles. The van der Waals surface area contributed by atoms with Gasteiger partial charge in [0.15, 0.2) is 6.29 Å². The Morgan fingerprint density at radius 1 is 1.13 bits per heavy atom. The van der Waals surface area contributed by atoms with Gasteiger partial charge in [0, 0.05) is 0 Å². The Balaban J connectivity index is 0. The molecule has 5 N–H and O–H groups in total. The van der Waals surface area contributed by atoms with E-state index in [9.17, 15) is 9.59 Å². The molecule has 7 nitrogen and oxygen atoms in total. The van der Waals surface area contributed by atoms with Gasteiger partial charge in [0.25, 0.3) is 0 Å². The smallest absolute Gasteiger partial charge is 0.317 e. The van der Waals surface area contributed by atoms with Crippen LogP contribution in [0.3, 0.4) is 0 Å². The van der Waals surface area contributed by atoms with Gasteiger partial charge in [-0.15, -0.1) is 0 Å². The first-order valence-corrected chi connectivity index (χ1v) is 4.40. The number of carboxylic acids is 2. The summed E-state index contributed by atoms with van der Waals surface area (Å²) in [6, 6.07) is 0. The molecule has 0 aliphatic rings. The number of rotatable bonds is 6. The molecular weight excluding hydrogens is 206 g/mol. The summed E-state index contributed by atoms with van der Waals surface area (Å²) in [6.45, 7) is 1.28. The summed E-state index contributed by atoms with van der Waals surface area (Å²) in [5, 5.41) is 34.3. The summed E-state index contributed by atoms with van der Waals surface area (Å²) in [7, 11) is 0. The molecule has 0 aromatic rings. The average molecular weight is 223 g/mol. The molecule has 0 heterocycles. The van der Waals surface area contributed by atoms with E-state index in [0.29, 0.717) is 6.42 Å². The molecule has 0 aliphatic carbocycles. The van der Waals surface area contributed by atoms with Crippen molar-refractivity contribution in [1.29, 1.82) is 0 Å². The van der Waals surface area contributed by atoms with Crippen LogP contribution in [0.1, 0.15) is 19.8 Å². The van der Waals surface area contributed by atoms with Crippen molar-refractivity contribution in [2.45, 2.75) is 26.1 Å². The lowest BCUT2D eigenvalue weighted by molar-refractivity contribution is -0.137. The first-order chi connectivity index (χ1) is 6.90. The fraction of sp³-hybridized carbons (Fsp3) is 0.750. The zero-order valence-electron chi connectivity index (χ0n) is 8.51. The van der Waals surface area contributed by atoms with Gasteiger partial charge in [0.05, 0.1) is 13.1 Å². The van der Waals surface area contributed by atoms with E-state index in [0.717, 1.165) is 6.42 Å². The third kappa shape index (κ3) is 24.5. The maximum atomic E-state index is 9.73. The van der Waals surface area contributed by atoms with Crippen molar-refractivity contribution in [2.24, 2.45) is 0 Å². The van der Waals surface area contributed by atoms with E-state index >= 15 is 0 Å². The van der Waals surface area contributed by atoms with Crippen LogP contribution in [0, 0.1) is 0 Å². The summed E-state index contributed by atoms with van der Waals surface area (Å²) < 4.78 is 0. The molecule has 0 unspecified atom stereocenters. The highest BCUT2D eigenvalue weighted by atomic mass is 16.5. The highest BCUT2D eigenvalue weighted by molar-refractivity contribution is 5.72. The number of aliphatic hydroxyl groups excluding tert-OH is 1. The lowest BCUT2D eigenvalue weighted by atomic mass is 10.3. The third-order valence-electron chi connectivity index (χ3n) is 1.10. The predicted molar refractivity (Wildman–Crippen MR) is 51.3 cm³/mol. The summed E-state index contributed by atoms with van der Waals surface area (Å²) in [5.41, 5.74) is 0. The van der Waals surface area contributed by atoms with Crippen LogP contribution in [0.15, 0.2) is 0 Å². The van der Waals surface area contributed by atoms with Crippen LogP contribution in [0.25, 0.3) is 0 Å². The quantitative estimate of drug-likeness (QED) is 0.359. The van der Waals surface area contributed by atoms with Crippen LogP contribution in [-0.4, -0.2) is 51.7 Å². The molecule has 0 aliphatic heterocycles. The first kappa shape index (κ1) is 16.3. The van der Waals surface area contributed by atoms with Crippen LogP contribution in [0.4, 0.5) is 0 Å². The zero-order chi connectivity index (χ0) is 12.3. The Morgan fingerprint density at radius 2 is 1.53 bits per heavy atom. The highest BCUT2D eigenvalue weighted by Gasteiger charge is 1.97.